The molecule has 0 aliphatic carbocycles. The normalized spacial score (nSPS) is 10.7. The monoisotopic (exact) mass is 411 g/mol. The van der Waals surface area contributed by atoms with Crippen LogP contribution in [0.15, 0.2) is 134 Å². The molecule has 1 nitrogen and oxygen atoms in total. The first-order chi connectivity index (χ1) is 14.4. The van der Waals surface area contributed by atoms with E-state index < -0.39 is 5.54 Å². The maximum Gasteiger partial charge on any atom is 0.116 e. The van der Waals surface area contributed by atoms with Crippen LogP contribution in [0, 0.1) is 0 Å². The average molecular weight is 412 g/mol. The van der Waals surface area contributed by atoms with Gasteiger partial charge in [0.15, 0.2) is 0 Å². The Hall–Kier alpha value is -3.29. The minimum Gasteiger partial charge on any atom is -0.356 e. The van der Waals surface area contributed by atoms with Crippen LogP contribution in [-0.2, 0) is 12.1 Å². The Balaban J connectivity index is 0.00000256. The summed E-state index contributed by atoms with van der Waals surface area (Å²) in [5, 5.41) is 0. The second-order valence-corrected chi connectivity index (χ2v) is 7.10. The molecule has 0 amide bonds. The molecule has 0 bridgehead atoms. The fourth-order valence-corrected chi connectivity index (χ4v) is 4.14. The fourth-order valence-electron chi connectivity index (χ4n) is 4.14. The van der Waals surface area contributed by atoms with Crippen LogP contribution in [0.2, 0.25) is 0 Å². The summed E-state index contributed by atoms with van der Waals surface area (Å²) in [5.41, 5.74) is 4.41. The van der Waals surface area contributed by atoms with Crippen molar-refractivity contribution in [3.8, 4) is 0 Å². The van der Waals surface area contributed by atoms with Gasteiger partial charge in [-0.25, -0.2) is 0 Å². The molecule has 0 spiro atoms. The lowest BCUT2D eigenvalue weighted by Crippen LogP contribution is -2.44. The van der Waals surface area contributed by atoms with Crippen LogP contribution in [0.4, 0.5) is 0 Å². The molecular weight excluding hydrogens is 386 g/mol. The van der Waals surface area contributed by atoms with Gasteiger partial charge in [-0.15, -0.1) is 12.4 Å². The highest BCUT2D eigenvalue weighted by molar-refractivity contribution is 5.85. The van der Waals surface area contributed by atoms with Gasteiger partial charge in [-0.1, -0.05) is 128 Å². The molecule has 0 fully saturated rings. The SMILES string of the molecule is C=CN(Cc1ccccc1)C(c1ccccc1)(c1ccccc1)c1ccccc1.Cl. The van der Waals surface area contributed by atoms with Gasteiger partial charge in [0.05, 0.1) is 0 Å². The van der Waals surface area contributed by atoms with Crippen molar-refractivity contribution in [2.75, 3.05) is 0 Å². The van der Waals surface area contributed by atoms with Gasteiger partial charge in [0.25, 0.3) is 0 Å². The Morgan fingerprint density at radius 3 is 1.23 bits per heavy atom. The summed E-state index contributed by atoms with van der Waals surface area (Å²) in [5.74, 6) is 0. The van der Waals surface area contributed by atoms with Crippen molar-refractivity contribution in [1.82, 2.24) is 4.90 Å². The summed E-state index contributed by atoms with van der Waals surface area (Å²) < 4.78 is 0. The molecule has 4 rings (SSSR count). The van der Waals surface area contributed by atoms with Gasteiger partial charge >= 0.3 is 0 Å². The molecule has 30 heavy (non-hydrogen) atoms. The Labute approximate surface area is 185 Å². The Morgan fingerprint density at radius 2 is 0.900 bits per heavy atom. The van der Waals surface area contributed by atoms with Crippen molar-refractivity contribution in [3.63, 3.8) is 0 Å². The maximum atomic E-state index is 4.23. The minimum atomic E-state index is -0.485. The zero-order valence-electron chi connectivity index (χ0n) is 16.9. The summed E-state index contributed by atoms with van der Waals surface area (Å²) >= 11 is 0. The summed E-state index contributed by atoms with van der Waals surface area (Å²) in [6.07, 6.45) is 1.97. The number of nitrogens with zero attached hydrogens (tertiary/aromatic N) is 1. The van der Waals surface area contributed by atoms with E-state index in [1.807, 2.05) is 6.20 Å². The predicted molar refractivity (Wildman–Crippen MR) is 129 cm³/mol. The first-order valence-electron chi connectivity index (χ1n) is 9.95. The zero-order valence-corrected chi connectivity index (χ0v) is 17.7. The number of benzene rings is 4. The third kappa shape index (κ3) is 4.03. The van der Waals surface area contributed by atoms with E-state index in [2.05, 4.69) is 133 Å². The van der Waals surface area contributed by atoms with Crippen LogP contribution in [-0.4, -0.2) is 4.90 Å². The third-order valence-corrected chi connectivity index (χ3v) is 5.42. The van der Waals surface area contributed by atoms with E-state index in [0.29, 0.717) is 0 Å². The van der Waals surface area contributed by atoms with Crippen LogP contribution in [0.1, 0.15) is 22.3 Å². The summed E-state index contributed by atoms with van der Waals surface area (Å²) in [7, 11) is 0. The molecule has 0 radical (unpaired) electrons. The van der Waals surface area contributed by atoms with E-state index in [1.54, 1.807) is 0 Å². The number of rotatable bonds is 7. The van der Waals surface area contributed by atoms with Crippen LogP contribution in [0.5, 0.6) is 0 Å². The van der Waals surface area contributed by atoms with Crippen LogP contribution >= 0.6 is 12.4 Å². The average Bonchev–Trinajstić information content (AvgIpc) is 2.82. The van der Waals surface area contributed by atoms with E-state index in [9.17, 15) is 0 Å². The number of halogens is 1. The van der Waals surface area contributed by atoms with Crippen LogP contribution < -0.4 is 0 Å². The van der Waals surface area contributed by atoms with Gasteiger partial charge in [0, 0.05) is 6.54 Å². The van der Waals surface area contributed by atoms with E-state index in [-0.39, 0.29) is 12.4 Å². The van der Waals surface area contributed by atoms with E-state index in [4.69, 9.17) is 0 Å². The van der Waals surface area contributed by atoms with Gasteiger partial charge in [-0.2, -0.15) is 0 Å². The number of hydrogen-bond donors (Lipinski definition) is 0. The van der Waals surface area contributed by atoms with Crippen LogP contribution in [0.3, 0.4) is 0 Å². The van der Waals surface area contributed by atoms with Crippen molar-refractivity contribution in [2.45, 2.75) is 12.1 Å². The quantitative estimate of drug-likeness (QED) is 0.294. The number of hydrogen-bond acceptors (Lipinski definition) is 1. The Kier molecular flexibility index (Phi) is 7.11. The van der Waals surface area contributed by atoms with Crippen molar-refractivity contribution >= 4 is 12.4 Å². The van der Waals surface area contributed by atoms with Gasteiger partial charge in [0.2, 0.25) is 0 Å². The molecule has 0 N–H and O–H groups in total. The highest BCUT2D eigenvalue weighted by atomic mass is 35.5. The molecule has 0 atom stereocenters. The Morgan fingerprint density at radius 1 is 0.567 bits per heavy atom. The lowest BCUT2D eigenvalue weighted by molar-refractivity contribution is 0.224. The minimum absolute atomic E-state index is 0. The van der Waals surface area contributed by atoms with Crippen molar-refractivity contribution in [1.29, 1.82) is 0 Å². The largest absolute Gasteiger partial charge is 0.356 e. The molecule has 150 valence electrons. The second kappa shape index (κ2) is 9.96. The van der Waals surface area contributed by atoms with Gasteiger partial charge in [-0.05, 0) is 28.5 Å². The summed E-state index contributed by atoms with van der Waals surface area (Å²) in [6.45, 7) is 4.98. The lowest BCUT2D eigenvalue weighted by atomic mass is 9.75. The molecule has 0 unspecified atom stereocenters. The molecule has 0 aliphatic rings. The molecule has 4 aromatic rings. The molecule has 0 heterocycles. The maximum absolute atomic E-state index is 4.23. The van der Waals surface area contributed by atoms with Gasteiger partial charge in [0.1, 0.15) is 5.54 Å². The van der Waals surface area contributed by atoms with Crippen molar-refractivity contribution < 1.29 is 0 Å². The molecule has 4 aromatic carbocycles. The molecule has 0 saturated carbocycles. The van der Waals surface area contributed by atoms with Gasteiger partial charge < -0.3 is 4.90 Å². The zero-order chi connectivity index (χ0) is 19.9. The third-order valence-electron chi connectivity index (χ3n) is 5.42. The van der Waals surface area contributed by atoms with E-state index >= 15 is 0 Å². The molecular formula is C28H26ClN. The van der Waals surface area contributed by atoms with Crippen LogP contribution in [0.25, 0.3) is 0 Å². The van der Waals surface area contributed by atoms with Crippen molar-refractivity contribution in [3.05, 3.63) is 156 Å². The van der Waals surface area contributed by atoms with E-state index in [0.717, 1.165) is 6.54 Å². The first kappa shape index (κ1) is 21.4. The Bertz CT molecular complexity index is 934. The highest BCUT2D eigenvalue weighted by Gasteiger charge is 2.40. The smallest absolute Gasteiger partial charge is 0.116 e. The highest BCUT2D eigenvalue weighted by Crippen LogP contribution is 2.43. The second-order valence-electron chi connectivity index (χ2n) is 7.10. The molecule has 0 aliphatic heterocycles. The summed E-state index contributed by atoms with van der Waals surface area (Å²) in [4.78, 5) is 2.35. The first-order valence-corrected chi connectivity index (χ1v) is 9.95. The van der Waals surface area contributed by atoms with Crippen molar-refractivity contribution in [2.24, 2.45) is 0 Å². The fraction of sp³-hybridized carbons (Fsp3) is 0.0714. The predicted octanol–water partition coefficient (Wildman–Crippen LogP) is 7.05. The van der Waals surface area contributed by atoms with E-state index in [1.165, 1.54) is 22.3 Å². The molecule has 0 aromatic heterocycles. The molecule has 2 heteroatoms. The lowest BCUT2D eigenvalue weighted by Gasteiger charge is -2.45. The summed E-state index contributed by atoms with van der Waals surface area (Å²) in [6, 6.07) is 42.7. The molecule has 0 saturated heterocycles. The standard InChI is InChI=1S/C28H25N.ClH/c1-2-29(23-24-15-7-3-8-16-24)28(25-17-9-4-10-18-25,26-19-11-5-12-20-26)27-21-13-6-14-22-27;/h2-22H,1,23H2;1H. The topological polar surface area (TPSA) is 3.24 Å². The van der Waals surface area contributed by atoms with Gasteiger partial charge in [-0.3, -0.25) is 0 Å².